The van der Waals surface area contributed by atoms with Gasteiger partial charge in [0.05, 0.1) is 23.6 Å². The molecule has 0 bridgehead atoms. The van der Waals surface area contributed by atoms with Gasteiger partial charge in [-0.1, -0.05) is 19.8 Å². The summed E-state index contributed by atoms with van der Waals surface area (Å²) in [5.74, 6) is 0.786. The number of aliphatic imine (C=N–C) groups is 2. The van der Waals surface area contributed by atoms with Crippen LogP contribution in [0.5, 0.6) is 0 Å². The molecule has 0 amide bonds. The average Bonchev–Trinajstić information content (AvgIpc) is 3.29. The van der Waals surface area contributed by atoms with Gasteiger partial charge < -0.3 is 0 Å². The summed E-state index contributed by atoms with van der Waals surface area (Å²) in [7, 11) is 0. The van der Waals surface area contributed by atoms with E-state index in [0.29, 0.717) is 6.04 Å². The SMILES string of the molecule is CCC(C1CCCC1)n1cc(C2=C3C=CN=C3CC=N2)cn1. The summed E-state index contributed by atoms with van der Waals surface area (Å²) >= 11 is 0. The van der Waals surface area contributed by atoms with Crippen molar-refractivity contribution in [3.05, 3.63) is 35.8 Å². The molecule has 0 radical (unpaired) electrons. The second-order valence-electron chi connectivity index (χ2n) is 6.40. The molecular weight excluding hydrogens is 272 g/mol. The molecule has 4 heteroatoms. The smallest absolute Gasteiger partial charge is 0.0821 e. The van der Waals surface area contributed by atoms with Crippen molar-refractivity contribution in [2.24, 2.45) is 15.9 Å². The van der Waals surface area contributed by atoms with Gasteiger partial charge in [0.2, 0.25) is 0 Å². The van der Waals surface area contributed by atoms with Gasteiger partial charge in [-0.2, -0.15) is 5.10 Å². The Hall–Kier alpha value is -1.97. The zero-order valence-electron chi connectivity index (χ0n) is 13.1. The molecule has 0 aromatic carbocycles. The summed E-state index contributed by atoms with van der Waals surface area (Å²) in [6.07, 6.45) is 17.5. The first-order valence-corrected chi connectivity index (χ1v) is 8.41. The number of fused-ring (bicyclic) bond motifs is 1. The van der Waals surface area contributed by atoms with Crippen LogP contribution in [0.1, 0.15) is 57.1 Å². The molecule has 1 saturated carbocycles. The minimum atomic E-state index is 0.529. The van der Waals surface area contributed by atoms with E-state index < -0.39 is 0 Å². The number of hydrogen-bond donors (Lipinski definition) is 0. The van der Waals surface area contributed by atoms with E-state index in [2.05, 4.69) is 39.0 Å². The van der Waals surface area contributed by atoms with Gasteiger partial charge in [0.15, 0.2) is 0 Å². The van der Waals surface area contributed by atoms with E-state index in [4.69, 9.17) is 0 Å². The fourth-order valence-corrected chi connectivity index (χ4v) is 3.99. The van der Waals surface area contributed by atoms with Crippen molar-refractivity contribution >= 4 is 17.6 Å². The maximum Gasteiger partial charge on any atom is 0.0821 e. The lowest BCUT2D eigenvalue weighted by molar-refractivity contribution is 0.301. The molecule has 0 spiro atoms. The fraction of sp³-hybridized carbons (Fsp3) is 0.500. The van der Waals surface area contributed by atoms with Crippen LogP contribution in [0.15, 0.2) is 40.2 Å². The van der Waals surface area contributed by atoms with Gasteiger partial charge in [0.1, 0.15) is 0 Å². The fourth-order valence-electron chi connectivity index (χ4n) is 3.99. The first-order chi connectivity index (χ1) is 10.9. The number of aromatic nitrogens is 2. The van der Waals surface area contributed by atoms with Crippen LogP contribution >= 0.6 is 0 Å². The first kappa shape index (κ1) is 13.7. The Bertz CT molecular complexity index is 684. The second kappa shape index (κ2) is 5.67. The molecule has 2 aliphatic heterocycles. The minimum Gasteiger partial charge on any atom is -0.269 e. The maximum atomic E-state index is 4.67. The van der Waals surface area contributed by atoms with E-state index in [1.807, 2.05) is 18.6 Å². The summed E-state index contributed by atoms with van der Waals surface area (Å²) in [4.78, 5) is 9.02. The van der Waals surface area contributed by atoms with Gasteiger partial charge in [-0.3, -0.25) is 14.7 Å². The van der Waals surface area contributed by atoms with Gasteiger partial charge in [-0.15, -0.1) is 0 Å². The molecule has 4 nitrogen and oxygen atoms in total. The molecular formula is C18H22N4. The lowest BCUT2D eigenvalue weighted by Crippen LogP contribution is -2.17. The van der Waals surface area contributed by atoms with Crippen LogP contribution in [-0.4, -0.2) is 21.7 Å². The predicted molar refractivity (Wildman–Crippen MR) is 90.1 cm³/mol. The summed E-state index contributed by atoms with van der Waals surface area (Å²) in [5.41, 5.74) is 4.42. The van der Waals surface area contributed by atoms with Gasteiger partial charge in [-0.25, -0.2) is 0 Å². The molecule has 1 fully saturated rings. The summed E-state index contributed by atoms with van der Waals surface area (Å²) < 4.78 is 2.18. The third kappa shape index (κ3) is 2.27. The monoisotopic (exact) mass is 294 g/mol. The van der Waals surface area contributed by atoms with Crippen molar-refractivity contribution in [3.8, 4) is 0 Å². The van der Waals surface area contributed by atoms with E-state index in [0.717, 1.165) is 41.3 Å². The molecule has 22 heavy (non-hydrogen) atoms. The Morgan fingerprint density at radius 2 is 2.18 bits per heavy atom. The molecule has 4 rings (SSSR count). The van der Waals surface area contributed by atoms with Crippen LogP contribution in [-0.2, 0) is 0 Å². The van der Waals surface area contributed by atoms with Crippen LogP contribution in [0, 0.1) is 5.92 Å². The molecule has 114 valence electrons. The second-order valence-corrected chi connectivity index (χ2v) is 6.40. The van der Waals surface area contributed by atoms with E-state index in [1.54, 1.807) is 0 Å². The highest BCUT2D eigenvalue weighted by Crippen LogP contribution is 2.36. The van der Waals surface area contributed by atoms with Crippen molar-refractivity contribution in [1.29, 1.82) is 0 Å². The summed E-state index contributed by atoms with van der Waals surface area (Å²) in [6.45, 7) is 2.27. The minimum absolute atomic E-state index is 0.529. The van der Waals surface area contributed by atoms with Crippen molar-refractivity contribution in [2.45, 2.75) is 51.5 Å². The van der Waals surface area contributed by atoms with Crippen LogP contribution < -0.4 is 0 Å². The van der Waals surface area contributed by atoms with Crippen molar-refractivity contribution in [1.82, 2.24) is 9.78 Å². The van der Waals surface area contributed by atoms with Crippen LogP contribution in [0.25, 0.3) is 5.70 Å². The van der Waals surface area contributed by atoms with Crippen molar-refractivity contribution < 1.29 is 0 Å². The number of nitrogens with zero attached hydrogens (tertiary/aromatic N) is 4. The molecule has 1 atom stereocenters. The number of hydrogen-bond acceptors (Lipinski definition) is 3. The first-order valence-electron chi connectivity index (χ1n) is 8.41. The zero-order chi connectivity index (χ0) is 14.9. The number of rotatable bonds is 4. The van der Waals surface area contributed by atoms with Gasteiger partial charge in [0.25, 0.3) is 0 Å². The third-order valence-corrected chi connectivity index (χ3v) is 5.12. The van der Waals surface area contributed by atoms with Crippen LogP contribution in [0.4, 0.5) is 0 Å². The van der Waals surface area contributed by atoms with Crippen LogP contribution in [0.3, 0.4) is 0 Å². The lowest BCUT2D eigenvalue weighted by Gasteiger charge is -2.22. The van der Waals surface area contributed by atoms with E-state index in [9.17, 15) is 0 Å². The van der Waals surface area contributed by atoms with Crippen molar-refractivity contribution in [3.63, 3.8) is 0 Å². The quantitative estimate of drug-likeness (QED) is 0.821. The Labute approximate surface area is 131 Å². The topological polar surface area (TPSA) is 42.5 Å². The Morgan fingerprint density at radius 1 is 1.32 bits per heavy atom. The molecule has 1 aromatic heterocycles. The highest BCUT2D eigenvalue weighted by Gasteiger charge is 2.26. The highest BCUT2D eigenvalue weighted by atomic mass is 15.3. The Kier molecular flexibility index (Phi) is 3.53. The van der Waals surface area contributed by atoms with Gasteiger partial charge in [-0.05, 0) is 31.3 Å². The van der Waals surface area contributed by atoms with E-state index in [-0.39, 0.29) is 0 Å². The van der Waals surface area contributed by atoms with Gasteiger partial charge in [0, 0.05) is 36.2 Å². The number of allylic oxidation sites excluding steroid dienone is 2. The third-order valence-electron chi connectivity index (χ3n) is 5.12. The summed E-state index contributed by atoms with van der Waals surface area (Å²) in [5, 5.41) is 4.67. The van der Waals surface area contributed by atoms with Crippen LogP contribution in [0.2, 0.25) is 0 Å². The average molecular weight is 294 g/mol. The zero-order valence-corrected chi connectivity index (χ0v) is 13.1. The maximum absolute atomic E-state index is 4.67. The molecule has 0 N–H and O–H groups in total. The summed E-state index contributed by atoms with van der Waals surface area (Å²) in [6, 6.07) is 0.529. The lowest BCUT2D eigenvalue weighted by atomic mass is 9.96. The normalized spacial score (nSPS) is 22.3. The molecule has 1 aromatic rings. The van der Waals surface area contributed by atoms with E-state index >= 15 is 0 Å². The molecule has 3 aliphatic rings. The Morgan fingerprint density at radius 3 is 3.00 bits per heavy atom. The molecule has 0 saturated heterocycles. The molecule has 1 unspecified atom stereocenters. The van der Waals surface area contributed by atoms with E-state index in [1.165, 1.54) is 25.7 Å². The molecule has 1 aliphatic carbocycles. The highest BCUT2D eigenvalue weighted by molar-refractivity contribution is 6.17. The largest absolute Gasteiger partial charge is 0.269 e. The van der Waals surface area contributed by atoms with Gasteiger partial charge >= 0.3 is 0 Å². The molecule has 3 heterocycles. The Balaban J connectivity index is 1.65. The standard InChI is InChI=1S/C18H22N4/c1-2-17(13-5-3-4-6-13)22-12-14(11-21-22)18-15-7-9-19-16(15)8-10-20-18/h7,9-13,17H,2-6,8H2,1H3. The van der Waals surface area contributed by atoms with Crippen molar-refractivity contribution in [2.75, 3.05) is 0 Å². The predicted octanol–water partition coefficient (Wildman–Crippen LogP) is 4.18.